The van der Waals surface area contributed by atoms with Gasteiger partial charge in [0.25, 0.3) is 0 Å². The van der Waals surface area contributed by atoms with Crippen LogP contribution in [0.1, 0.15) is 13.8 Å². The molecule has 4 nitrogen and oxygen atoms in total. The Morgan fingerprint density at radius 1 is 1.78 bits per heavy atom. The van der Waals surface area contributed by atoms with Gasteiger partial charge in [-0.1, -0.05) is 13.8 Å². The Morgan fingerprint density at radius 3 is 2.67 bits per heavy atom. The summed E-state index contributed by atoms with van der Waals surface area (Å²) in [5.41, 5.74) is 1.36. The largest absolute Gasteiger partial charge is 0.448 e. The van der Waals surface area contributed by atoms with E-state index in [1.165, 1.54) is 5.48 Å². The van der Waals surface area contributed by atoms with E-state index >= 15 is 0 Å². The summed E-state index contributed by atoms with van der Waals surface area (Å²) in [5, 5.41) is 7.92. The number of amides is 1. The third-order valence-electron chi connectivity index (χ3n) is 0.639. The average molecular weight is 133 g/mol. The molecule has 0 bridgehead atoms. The van der Waals surface area contributed by atoms with Gasteiger partial charge >= 0.3 is 6.09 Å². The first-order valence-corrected chi connectivity index (χ1v) is 2.73. The molecule has 0 aliphatic heterocycles. The van der Waals surface area contributed by atoms with Gasteiger partial charge in [-0.05, 0) is 5.92 Å². The summed E-state index contributed by atoms with van der Waals surface area (Å²) < 4.78 is 4.45. The fraction of sp³-hybridized carbons (Fsp3) is 0.800. The van der Waals surface area contributed by atoms with Crippen LogP contribution in [0, 0.1) is 5.92 Å². The van der Waals surface area contributed by atoms with E-state index in [-0.39, 0.29) is 0 Å². The van der Waals surface area contributed by atoms with Gasteiger partial charge in [0, 0.05) is 0 Å². The summed E-state index contributed by atoms with van der Waals surface area (Å²) in [5.74, 6) is 0.294. The van der Waals surface area contributed by atoms with E-state index in [4.69, 9.17) is 5.21 Å². The summed E-state index contributed by atoms with van der Waals surface area (Å²) >= 11 is 0. The Hall–Kier alpha value is -0.770. The van der Waals surface area contributed by atoms with E-state index in [1.807, 2.05) is 13.8 Å². The SMILES string of the molecule is CC(C)COC(=O)NO. The molecule has 0 aromatic rings. The first-order chi connectivity index (χ1) is 4.16. The van der Waals surface area contributed by atoms with Crippen molar-refractivity contribution < 1.29 is 14.7 Å². The highest BCUT2D eigenvalue weighted by molar-refractivity contribution is 5.65. The summed E-state index contributed by atoms with van der Waals surface area (Å²) in [6, 6.07) is 0. The van der Waals surface area contributed by atoms with Crippen LogP contribution in [0.25, 0.3) is 0 Å². The van der Waals surface area contributed by atoms with Crippen LogP contribution in [0.4, 0.5) is 4.79 Å². The quantitative estimate of drug-likeness (QED) is 0.432. The van der Waals surface area contributed by atoms with Crippen molar-refractivity contribution in [3.63, 3.8) is 0 Å². The van der Waals surface area contributed by atoms with Gasteiger partial charge in [0.15, 0.2) is 0 Å². The minimum atomic E-state index is -0.802. The number of carbonyl (C=O) groups excluding carboxylic acids is 1. The van der Waals surface area contributed by atoms with Crippen molar-refractivity contribution in [2.45, 2.75) is 13.8 Å². The van der Waals surface area contributed by atoms with Gasteiger partial charge in [-0.3, -0.25) is 5.21 Å². The maximum atomic E-state index is 10.1. The molecule has 0 aliphatic carbocycles. The van der Waals surface area contributed by atoms with Crippen molar-refractivity contribution in [1.82, 2.24) is 5.48 Å². The van der Waals surface area contributed by atoms with Gasteiger partial charge in [0.05, 0.1) is 6.61 Å². The number of ether oxygens (including phenoxy) is 1. The third kappa shape index (κ3) is 5.10. The number of nitrogens with one attached hydrogen (secondary N) is 1. The first kappa shape index (κ1) is 8.23. The van der Waals surface area contributed by atoms with Crippen molar-refractivity contribution in [2.24, 2.45) is 5.92 Å². The van der Waals surface area contributed by atoms with Gasteiger partial charge in [-0.2, -0.15) is 0 Å². The fourth-order valence-corrected chi connectivity index (χ4v) is 0.275. The third-order valence-corrected chi connectivity index (χ3v) is 0.639. The molecule has 0 atom stereocenters. The fourth-order valence-electron chi connectivity index (χ4n) is 0.275. The predicted molar refractivity (Wildman–Crippen MR) is 31.1 cm³/mol. The van der Waals surface area contributed by atoms with Gasteiger partial charge in [-0.25, -0.2) is 10.3 Å². The van der Waals surface area contributed by atoms with Crippen LogP contribution in [0.5, 0.6) is 0 Å². The molecule has 0 aliphatic rings. The minimum Gasteiger partial charge on any atom is -0.448 e. The summed E-state index contributed by atoms with van der Waals surface area (Å²) in [4.78, 5) is 10.1. The Labute approximate surface area is 53.8 Å². The van der Waals surface area contributed by atoms with Crippen molar-refractivity contribution in [3.05, 3.63) is 0 Å². The molecule has 0 spiro atoms. The summed E-state index contributed by atoms with van der Waals surface area (Å²) in [6.45, 7) is 4.14. The highest BCUT2D eigenvalue weighted by Gasteiger charge is 1.99. The molecule has 4 heteroatoms. The van der Waals surface area contributed by atoms with E-state index in [0.29, 0.717) is 12.5 Å². The molecule has 9 heavy (non-hydrogen) atoms. The van der Waals surface area contributed by atoms with Crippen molar-refractivity contribution in [1.29, 1.82) is 0 Å². The second kappa shape index (κ2) is 4.14. The molecule has 0 saturated carbocycles. The Morgan fingerprint density at radius 2 is 2.33 bits per heavy atom. The Balaban J connectivity index is 3.17. The topological polar surface area (TPSA) is 58.6 Å². The zero-order valence-corrected chi connectivity index (χ0v) is 5.55. The molecule has 0 unspecified atom stereocenters. The van der Waals surface area contributed by atoms with Gasteiger partial charge in [0.2, 0.25) is 0 Å². The maximum absolute atomic E-state index is 10.1. The van der Waals surface area contributed by atoms with Crippen LogP contribution in [-0.4, -0.2) is 17.9 Å². The number of hydrogen-bond acceptors (Lipinski definition) is 3. The average Bonchev–Trinajstić information content (AvgIpc) is 1.83. The van der Waals surface area contributed by atoms with Crippen molar-refractivity contribution in [2.75, 3.05) is 6.61 Å². The molecule has 2 N–H and O–H groups in total. The molecule has 0 fully saturated rings. The van der Waals surface area contributed by atoms with E-state index in [9.17, 15) is 4.79 Å². The highest BCUT2D eigenvalue weighted by Crippen LogP contribution is 1.91. The lowest BCUT2D eigenvalue weighted by atomic mass is 10.2. The molecule has 54 valence electrons. The molecular weight excluding hydrogens is 122 g/mol. The van der Waals surface area contributed by atoms with Crippen LogP contribution >= 0.6 is 0 Å². The molecule has 1 amide bonds. The number of hydroxylamine groups is 1. The van der Waals surface area contributed by atoms with Gasteiger partial charge in [0.1, 0.15) is 0 Å². The van der Waals surface area contributed by atoms with Crippen molar-refractivity contribution in [3.8, 4) is 0 Å². The van der Waals surface area contributed by atoms with Gasteiger partial charge in [-0.15, -0.1) is 0 Å². The lowest BCUT2D eigenvalue weighted by Gasteiger charge is -2.04. The second-order valence-electron chi connectivity index (χ2n) is 2.10. The molecule has 0 aromatic heterocycles. The summed E-state index contributed by atoms with van der Waals surface area (Å²) in [6.07, 6.45) is -0.802. The number of hydrogen-bond donors (Lipinski definition) is 2. The molecule has 0 rings (SSSR count). The molecule has 0 saturated heterocycles. The lowest BCUT2D eigenvalue weighted by Crippen LogP contribution is -2.21. The normalized spacial score (nSPS) is 9.33. The second-order valence-corrected chi connectivity index (χ2v) is 2.10. The number of rotatable bonds is 2. The zero-order chi connectivity index (χ0) is 7.28. The first-order valence-electron chi connectivity index (χ1n) is 2.73. The molecular formula is C5H11NO3. The van der Waals surface area contributed by atoms with Crippen molar-refractivity contribution >= 4 is 6.09 Å². The van der Waals surface area contributed by atoms with Crippen LogP contribution in [-0.2, 0) is 4.74 Å². The smallest absolute Gasteiger partial charge is 0.431 e. The molecule has 0 heterocycles. The standard InChI is InChI=1S/C5H11NO3/c1-4(2)3-9-5(7)6-8/h4,8H,3H2,1-2H3,(H,6,7). The van der Waals surface area contributed by atoms with Gasteiger partial charge < -0.3 is 4.74 Å². The monoisotopic (exact) mass is 133 g/mol. The van der Waals surface area contributed by atoms with E-state index in [1.54, 1.807) is 0 Å². The van der Waals surface area contributed by atoms with Crippen LogP contribution in [0.2, 0.25) is 0 Å². The predicted octanol–water partition coefficient (Wildman–Crippen LogP) is 0.758. The molecule has 0 radical (unpaired) electrons. The van der Waals surface area contributed by atoms with E-state index in [0.717, 1.165) is 0 Å². The Kier molecular flexibility index (Phi) is 3.79. The van der Waals surface area contributed by atoms with Crippen LogP contribution in [0.15, 0.2) is 0 Å². The highest BCUT2D eigenvalue weighted by atomic mass is 16.6. The minimum absolute atomic E-state index is 0.294. The molecule has 0 aromatic carbocycles. The Bertz CT molecular complexity index is 92.2. The van der Waals surface area contributed by atoms with E-state index in [2.05, 4.69) is 4.74 Å². The van der Waals surface area contributed by atoms with Crippen LogP contribution < -0.4 is 5.48 Å². The number of carbonyl (C=O) groups is 1. The lowest BCUT2D eigenvalue weighted by molar-refractivity contribution is 0.0812. The maximum Gasteiger partial charge on any atom is 0.431 e. The van der Waals surface area contributed by atoms with E-state index < -0.39 is 6.09 Å². The zero-order valence-electron chi connectivity index (χ0n) is 5.55. The summed E-state index contributed by atoms with van der Waals surface area (Å²) in [7, 11) is 0. The van der Waals surface area contributed by atoms with Crippen LogP contribution in [0.3, 0.4) is 0 Å².